The van der Waals surface area contributed by atoms with Crippen LogP contribution in [0.5, 0.6) is 0 Å². The number of hydrogen-bond donors (Lipinski definition) is 2. The number of benzene rings is 1. The molecule has 0 spiro atoms. The van der Waals surface area contributed by atoms with Crippen molar-refractivity contribution in [1.82, 2.24) is 10.6 Å². The van der Waals surface area contributed by atoms with Crippen LogP contribution in [0.15, 0.2) is 94.2 Å². The second kappa shape index (κ2) is 21.3. The van der Waals surface area contributed by atoms with Crippen molar-refractivity contribution >= 4 is 11.8 Å². The third kappa shape index (κ3) is 17.4. The topological polar surface area (TPSA) is 58.2 Å². The molecule has 0 aliphatic heterocycles. The van der Waals surface area contributed by atoms with Crippen molar-refractivity contribution in [3.8, 4) is 0 Å². The highest BCUT2D eigenvalue weighted by Gasteiger charge is 2.15. The molecule has 0 aliphatic rings. The molecule has 0 saturated heterocycles. The second-order valence-electron chi connectivity index (χ2n) is 11.9. The number of nitrogens with one attached hydrogen (secondary N) is 2. The normalized spacial score (nSPS) is 12.6. The minimum absolute atomic E-state index is 0.238. The fourth-order valence-corrected chi connectivity index (χ4v) is 4.38. The van der Waals surface area contributed by atoms with Gasteiger partial charge in [-0.2, -0.15) is 0 Å². The van der Waals surface area contributed by atoms with E-state index in [-0.39, 0.29) is 11.8 Å². The van der Waals surface area contributed by atoms with Gasteiger partial charge in [0.05, 0.1) is 11.1 Å². The fraction of sp³-hybridized carbons (Fsp3) is 0.474. The minimum atomic E-state index is -0.238. The van der Waals surface area contributed by atoms with E-state index in [1.165, 1.54) is 33.4 Å². The highest BCUT2D eigenvalue weighted by atomic mass is 16.2. The fourth-order valence-electron chi connectivity index (χ4n) is 4.38. The summed E-state index contributed by atoms with van der Waals surface area (Å²) in [6.07, 6.45) is 21.6. The molecule has 0 atom stereocenters. The van der Waals surface area contributed by atoms with Crippen LogP contribution in [0.2, 0.25) is 0 Å². The van der Waals surface area contributed by atoms with Gasteiger partial charge < -0.3 is 10.6 Å². The summed E-state index contributed by atoms with van der Waals surface area (Å²) in [6, 6.07) is 6.99. The van der Waals surface area contributed by atoms with Gasteiger partial charge in [-0.1, -0.05) is 82.0 Å². The Balaban J connectivity index is 2.53. The van der Waals surface area contributed by atoms with E-state index in [9.17, 15) is 9.59 Å². The van der Waals surface area contributed by atoms with Gasteiger partial charge in [-0.3, -0.25) is 9.59 Å². The van der Waals surface area contributed by atoms with Crippen molar-refractivity contribution in [2.75, 3.05) is 13.1 Å². The Labute approximate surface area is 256 Å². The Morgan fingerprint density at radius 2 is 0.810 bits per heavy atom. The van der Waals surface area contributed by atoms with Crippen LogP contribution in [0.1, 0.15) is 127 Å². The van der Waals surface area contributed by atoms with Gasteiger partial charge in [0.1, 0.15) is 0 Å². The standard InChI is InChI=1S/C38H56N2O2/c1-29(2)15-11-17-31(5)19-13-21-33(7)25-27-39-37(41)35-23-9-10-24-36(35)38(42)40-28-26-34(8)22-14-20-32(6)18-12-16-30(3)4/h9-10,15-16,19-20,23-26H,11-14,17-18,21-22,27-28H2,1-8H3,(H,39,41)(H,40,42). The number of carbonyl (C=O) groups is 2. The molecule has 2 amide bonds. The lowest BCUT2D eigenvalue weighted by atomic mass is 10.1. The predicted molar refractivity (Wildman–Crippen MR) is 182 cm³/mol. The SMILES string of the molecule is CC(C)=CCCC(C)=CCCC(C)=CCNC(=O)c1ccccc1C(=O)NCC=C(C)CCC=C(C)CCC=C(C)C. The summed E-state index contributed by atoms with van der Waals surface area (Å²) < 4.78 is 0. The average Bonchev–Trinajstić information content (AvgIpc) is 2.92. The van der Waals surface area contributed by atoms with Gasteiger partial charge in [0.2, 0.25) is 0 Å². The van der Waals surface area contributed by atoms with E-state index in [1.54, 1.807) is 24.3 Å². The van der Waals surface area contributed by atoms with Crippen LogP contribution >= 0.6 is 0 Å². The molecule has 0 aromatic heterocycles. The molecular weight excluding hydrogens is 516 g/mol. The summed E-state index contributed by atoms with van der Waals surface area (Å²) >= 11 is 0. The van der Waals surface area contributed by atoms with Crippen LogP contribution in [0.25, 0.3) is 0 Å². The Bertz CT molecular complexity index is 1090. The molecule has 0 unspecified atom stereocenters. The third-order valence-corrected chi connectivity index (χ3v) is 7.09. The molecule has 0 radical (unpaired) electrons. The molecule has 0 heterocycles. The van der Waals surface area contributed by atoms with Crippen LogP contribution in [-0.4, -0.2) is 24.9 Å². The quantitative estimate of drug-likeness (QED) is 0.172. The van der Waals surface area contributed by atoms with Crippen molar-refractivity contribution in [2.45, 2.75) is 107 Å². The zero-order chi connectivity index (χ0) is 31.3. The minimum Gasteiger partial charge on any atom is -0.349 e. The smallest absolute Gasteiger partial charge is 0.252 e. The molecule has 0 saturated carbocycles. The van der Waals surface area contributed by atoms with Crippen LogP contribution < -0.4 is 10.6 Å². The number of hydrogen-bond acceptors (Lipinski definition) is 2. The van der Waals surface area contributed by atoms with Crippen molar-refractivity contribution in [1.29, 1.82) is 0 Å². The average molecular weight is 573 g/mol. The lowest BCUT2D eigenvalue weighted by molar-refractivity contribution is 0.0924. The number of amides is 2. The summed E-state index contributed by atoms with van der Waals surface area (Å²) in [7, 11) is 0. The van der Waals surface area contributed by atoms with Crippen molar-refractivity contribution in [3.05, 3.63) is 105 Å². The third-order valence-electron chi connectivity index (χ3n) is 7.09. The summed E-state index contributed by atoms with van der Waals surface area (Å²) in [4.78, 5) is 25.8. The summed E-state index contributed by atoms with van der Waals surface area (Å²) in [5.74, 6) is -0.475. The Kier molecular flexibility index (Phi) is 18.6. The first-order chi connectivity index (χ1) is 20.0. The van der Waals surface area contributed by atoms with Gasteiger partial charge in [-0.05, 0) is 119 Å². The number of allylic oxidation sites excluding steroid dienone is 10. The zero-order valence-electron chi connectivity index (χ0n) is 27.7. The van der Waals surface area contributed by atoms with E-state index in [1.807, 2.05) is 0 Å². The lowest BCUT2D eigenvalue weighted by Gasteiger charge is -2.10. The van der Waals surface area contributed by atoms with E-state index in [4.69, 9.17) is 0 Å². The molecule has 2 N–H and O–H groups in total. The van der Waals surface area contributed by atoms with Gasteiger partial charge in [-0.25, -0.2) is 0 Å². The Morgan fingerprint density at radius 1 is 0.500 bits per heavy atom. The van der Waals surface area contributed by atoms with Crippen molar-refractivity contribution < 1.29 is 9.59 Å². The van der Waals surface area contributed by atoms with E-state index >= 15 is 0 Å². The lowest BCUT2D eigenvalue weighted by Crippen LogP contribution is -2.29. The predicted octanol–water partition coefficient (Wildman–Crippen LogP) is 9.98. The summed E-state index contributed by atoms with van der Waals surface area (Å²) in [5, 5.41) is 5.90. The van der Waals surface area contributed by atoms with Crippen molar-refractivity contribution in [2.24, 2.45) is 0 Å². The van der Waals surface area contributed by atoms with Crippen molar-refractivity contribution in [3.63, 3.8) is 0 Å². The maximum atomic E-state index is 12.9. The van der Waals surface area contributed by atoms with Gasteiger partial charge >= 0.3 is 0 Å². The summed E-state index contributed by atoms with van der Waals surface area (Å²) in [5.41, 5.74) is 8.84. The van der Waals surface area contributed by atoms with E-state index in [2.05, 4.69) is 102 Å². The maximum absolute atomic E-state index is 12.9. The molecule has 0 bridgehead atoms. The van der Waals surface area contributed by atoms with E-state index in [0.717, 1.165) is 51.4 Å². The van der Waals surface area contributed by atoms with Crippen LogP contribution in [-0.2, 0) is 0 Å². The Hall–Kier alpha value is -3.40. The van der Waals surface area contributed by atoms with Gasteiger partial charge in [0.15, 0.2) is 0 Å². The number of rotatable bonds is 18. The van der Waals surface area contributed by atoms with Gasteiger partial charge in [-0.15, -0.1) is 0 Å². The first-order valence-corrected chi connectivity index (χ1v) is 15.5. The molecule has 1 aromatic carbocycles. The van der Waals surface area contributed by atoms with Crippen LogP contribution in [0, 0.1) is 0 Å². The molecule has 42 heavy (non-hydrogen) atoms. The molecule has 4 nitrogen and oxygen atoms in total. The van der Waals surface area contributed by atoms with Gasteiger partial charge in [0, 0.05) is 13.1 Å². The van der Waals surface area contributed by atoms with Crippen LogP contribution in [0.4, 0.5) is 0 Å². The second-order valence-corrected chi connectivity index (χ2v) is 11.9. The molecule has 1 rings (SSSR count). The van der Waals surface area contributed by atoms with E-state index < -0.39 is 0 Å². The maximum Gasteiger partial charge on any atom is 0.252 e. The highest BCUT2D eigenvalue weighted by Crippen LogP contribution is 2.13. The first-order valence-electron chi connectivity index (χ1n) is 15.5. The zero-order valence-corrected chi connectivity index (χ0v) is 27.7. The van der Waals surface area contributed by atoms with Crippen LogP contribution in [0.3, 0.4) is 0 Å². The molecular formula is C38H56N2O2. The molecule has 1 aromatic rings. The summed E-state index contributed by atoms with van der Waals surface area (Å²) in [6.45, 7) is 18.0. The molecule has 4 heteroatoms. The Morgan fingerprint density at radius 3 is 1.14 bits per heavy atom. The van der Waals surface area contributed by atoms with Gasteiger partial charge in [0.25, 0.3) is 11.8 Å². The number of carbonyl (C=O) groups excluding carboxylic acids is 2. The molecule has 230 valence electrons. The molecule has 0 aliphatic carbocycles. The van der Waals surface area contributed by atoms with E-state index in [0.29, 0.717) is 24.2 Å². The molecule has 0 fully saturated rings. The highest BCUT2D eigenvalue weighted by molar-refractivity contribution is 6.07. The monoisotopic (exact) mass is 572 g/mol. The first kappa shape index (κ1) is 36.6. The largest absolute Gasteiger partial charge is 0.349 e.